The molecule has 178 valence electrons. The molecule has 4 nitrogen and oxygen atoms in total. The lowest BCUT2D eigenvalue weighted by molar-refractivity contribution is -0.141. The Kier molecular flexibility index (Phi) is 9.89. The van der Waals surface area contributed by atoms with Crippen molar-refractivity contribution < 1.29 is 9.59 Å². The average Bonchev–Trinajstić information content (AvgIpc) is 2.87. The Morgan fingerprint density at radius 3 is 2.03 bits per heavy atom. The topological polar surface area (TPSA) is 49.4 Å². The summed E-state index contributed by atoms with van der Waals surface area (Å²) in [6.45, 7) is 4.42. The number of benzene rings is 3. The highest BCUT2D eigenvalue weighted by molar-refractivity contribution is 9.10. The molecular weight excluding hydrogens is 488 g/mol. The van der Waals surface area contributed by atoms with Crippen LogP contribution in [0.25, 0.3) is 0 Å². The number of amides is 2. The van der Waals surface area contributed by atoms with Gasteiger partial charge in [-0.25, -0.2) is 0 Å². The Labute approximate surface area is 211 Å². The summed E-state index contributed by atoms with van der Waals surface area (Å²) >= 11 is 3.48. The molecule has 0 bridgehead atoms. The number of rotatable bonds is 11. The molecule has 0 aliphatic heterocycles. The summed E-state index contributed by atoms with van der Waals surface area (Å²) in [7, 11) is 0. The molecule has 0 fully saturated rings. The average molecular weight is 521 g/mol. The number of halogens is 1. The molecule has 0 saturated carbocycles. The van der Waals surface area contributed by atoms with E-state index in [1.807, 2.05) is 98.8 Å². The summed E-state index contributed by atoms with van der Waals surface area (Å²) in [5.74, 6) is -0.129. The molecule has 3 aromatic rings. The van der Waals surface area contributed by atoms with E-state index in [1.165, 1.54) is 0 Å². The first-order valence-electron chi connectivity index (χ1n) is 11.9. The molecule has 2 atom stereocenters. The van der Waals surface area contributed by atoms with E-state index in [4.69, 9.17) is 0 Å². The van der Waals surface area contributed by atoms with Gasteiger partial charge in [-0.15, -0.1) is 0 Å². The summed E-state index contributed by atoms with van der Waals surface area (Å²) in [5.41, 5.74) is 3.14. The molecule has 0 heterocycles. The first-order chi connectivity index (χ1) is 16.5. The molecular formula is C29H33BrN2O2. The predicted molar refractivity (Wildman–Crippen MR) is 141 cm³/mol. The van der Waals surface area contributed by atoms with E-state index in [0.717, 1.165) is 27.6 Å². The maximum absolute atomic E-state index is 13.6. The van der Waals surface area contributed by atoms with E-state index in [9.17, 15) is 9.59 Å². The highest BCUT2D eigenvalue weighted by atomic mass is 79.9. The van der Waals surface area contributed by atoms with E-state index in [1.54, 1.807) is 4.90 Å². The SMILES string of the molecule is CC[C@H](C)NC(=O)[C@@H](Cc1ccccc1)N(Cc1ccc(Br)cc1)C(=O)CCc1ccccc1. The third-order valence-corrected chi connectivity index (χ3v) is 6.54. The second kappa shape index (κ2) is 13.1. The van der Waals surface area contributed by atoms with Gasteiger partial charge in [0.25, 0.3) is 0 Å². The number of nitrogens with one attached hydrogen (secondary N) is 1. The zero-order chi connectivity index (χ0) is 24.3. The van der Waals surface area contributed by atoms with Gasteiger partial charge in [-0.05, 0) is 48.6 Å². The maximum Gasteiger partial charge on any atom is 0.243 e. The van der Waals surface area contributed by atoms with E-state index >= 15 is 0 Å². The van der Waals surface area contributed by atoms with Crippen molar-refractivity contribution in [3.05, 3.63) is 106 Å². The van der Waals surface area contributed by atoms with Gasteiger partial charge >= 0.3 is 0 Å². The monoisotopic (exact) mass is 520 g/mol. The smallest absolute Gasteiger partial charge is 0.243 e. The van der Waals surface area contributed by atoms with Crippen molar-refractivity contribution in [1.82, 2.24) is 10.2 Å². The molecule has 0 unspecified atom stereocenters. The van der Waals surface area contributed by atoms with E-state index in [0.29, 0.717) is 25.8 Å². The van der Waals surface area contributed by atoms with E-state index in [2.05, 4.69) is 21.2 Å². The van der Waals surface area contributed by atoms with Gasteiger partial charge in [-0.3, -0.25) is 9.59 Å². The van der Waals surface area contributed by atoms with Crippen LogP contribution in [0.5, 0.6) is 0 Å². The summed E-state index contributed by atoms with van der Waals surface area (Å²) in [6.07, 6.45) is 2.29. The predicted octanol–water partition coefficient (Wildman–Crippen LogP) is 5.94. The third-order valence-electron chi connectivity index (χ3n) is 6.01. The minimum absolute atomic E-state index is 0.0213. The van der Waals surface area contributed by atoms with Crippen molar-refractivity contribution in [3.8, 4) is 0 Å². The van der Waals surface area contributed by atoms with Crippen molar-refractivity contribution in [2.75, 3.05) is 0 Å². The summed E-state index contributed by atoms with van der Waals surface area (Å²) in [4.78, 5) is 28.8. The normalized spacial score (nSPS) is 12.6. The standard InChI is InChI=1S/C29H33BrN2O2/c1-3-22(2)31-29(34)27(20-24-12-8-5-9-13-24)32(21-25-14-17-26(30)18-15-25)28(33)19-16-23-10-6-4-7-11-23/h4-15,17-18,22,27H,3,16,19-21H2,1-2H3,(H,31,34)/t22-,27+/m0/s1. The van der Waals surface area contributed by atoms with Crippen LogP contribution in [0.3, 0.4) is 0 Å². The van der Waals surface area contributed by atoms with Crippen molar-refractivity contribution >= 4 is 27.7 Å². The Morgan fingerprint density at radius 1 is 0.853 bits per heavy atom. The van der Waals surface area contributed by atoms with Crippen LogP contribution < -0.4 is 5.32 Å². The summed E-state index contributed by atoms with van der Waals surface area (Å²) < 4.78 is 0.980. The first-order valence-corrected chi connectivity index (χ1v) is 12.7. The Balaban J connectivity index is 1.90. The largest absolute Gasteiger partial charge is 0.352 e. The van der Waals surface area contributed by atoms with Gasteiger partial charge in [0.05, 0.1) is 0 Å². The van der Waals surface area contributed by atoms with Crippen molar-refractivity contribution in [2.45, 2.75) is 58.2 Å². The van der Waals surface area contributed by atoms with Crippen molar-refractivity contribution in [3.63, 3.8) is 0 Å². The first kappa shape index (κ1) is 25.7. The number of nitrogens with zero attached hydrogens (tertiary/aromatic N) is 1. The van der Waals surface area contributed by atoms with Gasteiger partial charge in [-0.2, -0.15) is 0 Å². The van der Waals surface area contributed by atoms with Crippen LogP contribution in [-0.4, -0.2) is 28.8 Å². The van der Waals surface area contributed by atoms with Crippen LogP contribution >= 0.6 is 15.9 Å². The minimum atomic E-state index is -0.594. The minimum Gasteiger partial charge on any atom is -0.352 e. The van der Waals surface area contributed by atoms with Crippen LogP contribution in [0.4, 0.5) is 0 Å². The van der Waals surface area contributed by atoms with Gasteiger partial charge in [0.1, 0.15) is 6.04 Å². The summed E-state index contributed by atoms with van der Waals surface area (Å²) in [5, 5.41) is 3.11. The fourth-order valence-electron chi connectivity index (χ4n) is 3.82. The van der Waals surface area contributed by atoms with Crippen LogP contribution in [0, 0.1) is 0 Å². The second-order valence-electron chi connectivity index (χ2n) is 8.66. The van der Waals surface area contributed by atoms with Gasteiger partial charge in [0, 0.05) is 29.9 Å². The maximum atomic E-state index is 13.6. The molecule has 0 aromatic heterocycles. The third kappa shape index (κ3) is 7.84. The van der Waals surface area contributed by atoms with Crippen molar-refractivity contribution in [1.29, 1.82) is 0 Å². The van der Waals surface area contributed by atoms with E-state index < -0.39 is 6.04 Å². The highest BCUT2D eigenvalue weighted by Gasteiger charge is 2.30. The van der Waals surface area contributed by atoms with Crippen LogP contribution in [-0.2, 0) is 29.0 Å². The van der Waals surface area contributed by atoms with Gasteiger partial charge in [0.2, 0.25) is 11.8 Å². The summed E-state index contributed by atoms with van der Waals surface area (Å²) in [6, 6.07) is 27.3. The molecule has 0 aliphatic rings. The molecule has 0 spiro atoms. The quantitative estimate of drug-likeness (QED) is 0.340. The number of carbonyl (C=O) groups is 2. The zero-order valence-corrected chi connectivity index (χ0v) is 21.5. The second-order valence-corrected chi connectivity index (χ2v) is 9.57. The lowest BCUT2D eigenvalue weighted by Crippen LogP contribution is -2.52. The fraction of sp³-hybridized carbons (Fsp3) is 0.310. The number of carbonyl (C=O) groups excluding carboxylic acids is 2. The number of hydrogen-bond donors (Lipinski definition) is 1. The fourth-order valence-corrected chi connectivity index (χ4v) is 4.09. The van der Waals surface area contributed by atoms with Crippen LogP contribution in [0.15, 0.2) is 89.4 Å². The molecule has 0 radical (unpaired) electrons. The molecule has 34 heavy (non-hydrogen) atoms. The Bertz CT molecular complexity index is 1040. The molecule has 1 N–H and O–H groups in total. The lowest BCUT2D eigenvalue weighted by atomic mass is 10.0. The van der Waals surface area contributed by atoms with Crippen LogP contribution in [0.1, 0.15) is 43.4 Å². The lowest BCUT2D eigenvalue weighted by Gasteiger charge is -2.32. The number of hydrogen-bond acceptors (Lipinski definition) is 2. The Hall–Kier alpha value is -2.92. The van der Waals surface area contributed by atoms with Gasteiger partial charge in [0.15, 0.2) is 0 Å². The van der Waals surface area contributed by atoms with Crippen molar-refractivity contribution in [2.24, 2.45) is 0 Å². The molecule has 5 heteroatoms. The molecule has 2 amide bonds. The molecule has 3 aromatic carbocycles. The highest BCUT2D eigenvalue weighted by Crippen LogP contribution is 2.19. The van der Waals surface area contributed by atoms with Crippen LogP contribution in [0.2, 0.25) is 0 Å². The number of aryl methyl sites for hydroxylation is 1. The molecule has 3 rings (SSSR count). The van der Waals surface area contributed by atoms with Gasteiger partial charge < -0.3 is 10.2 Å². The Morgan fingerprint density at radius 2 is 1.44 bits per heavy atom. The molecule has 0 aliphatic carbocycles. The zero-order valence-electron chi connectivity index (χ0n) is 19.9. The molecule has 0 saturated heterocycles. The van der Waals surface area contributed by atoms with E-state index in [-0.39, 0.29) is 17.9 Å². The van der Waals surface area contributed by atoms with Gasteiger partial charge in [-0.1, -0.05) is 95.7 Å².